The molecule has 206 valence electrons. The van der Waals surface area contributed by atoms with Gasteiger partial charge in [0.05, 0.1) is 5.25 Å². The van der Waals surface area contributed by atoms with Crippen molar-refractivity contribution in [3.63, 3.8) is 0 Å². The maximum Gasteiger partial charge on any atom is 0.272 e. The molecule has 4 amide bonds. The number of nitrogens with zero attached hydrogens (tertiary/aromatic N) is 1. The Hall–Kier alpha value is -5.22. The van der Waals surface area contributed by atoms with E-state index in [0.29, 0.717) is 28.1 Å². The molecule has 0 aliphatic rings. The van der Waals surface area contributed by atoms with E-state index in [1.807, 2.05) is 6.07 Å². The highest BCUT2D eigenvalue weighted by molar-refractivity contribution is 8.00. The van der Waals surface area contributed by atoms with Crippen molar-refractivity contribution in [1.29, 1.82) is 0 Å². The molecule has 41 heavy (non-hydrogen) atoms. The van der Waals surface area contributed by atoms with Crippen LogP contribution in [0.2, 0.25) is 0 Å². The van der Waals surface area contributed by atoms with Crippen molar-refractivity contribution in [2.24, 2.45) is 5.73 Å². The van der Waals surface area contributed by atoms with E-state index in [2.05, 4.69) is 20.9 Å². The van der Waals surface area contributed by atoms with Crippen molar-refractivity contribution < 1.29 is 19.2 Å². The molecule has 9 nitrogen and oxygen atoms in total. The Morgan fingerprint density at radius 2 is 1.59 bits per heavy atom. The molecule has 3 aromatic carbocycles. The van der Waals surface area contributed by atoms with E-state index in [4.69, 9.17) is 5.73 Å². The summed E-state index contributed by atoms with van der Waals surface area (Å²) < 4.78 is 0. The van der Waals surface area contributed by atoms with E-state index in [1.165, 1.54) is 11.8 Å². The highest BCUT2D eigenvalue weighted by Crippen LogP contribution is 2.27. The molecule has 5 N–H and O–H groups in total. The Morgan fingerprint density at radius 1 is 0.829 bits per heavy atom. The molecule has 10 heteroatoms. The lowest BCUT2D eigenvalue weighted by Crippen LogP contribution is -2.30. The summed E-state index contributed by atoms with van der Waals surface area (Å²) in [4.78, 5) is 54.9. The quantitative estimate of drug-likeness (QED) is 0.162. The van der Waals surface area contributed by atoms with Gasteiger partial charge in [-0.1, -0.05) is 30.3 Å². The van der Waals surface area contributed by atoms with Crippen molar-refractivity contribution in [3.05, 3.63) is 126 Å². The average molecular weight is 566 g/mol. The highest BCUT2D eigenvalue weighted by Gasteiger charge is 2.17. The Labute approximate surface area is 241 Å². The molecule has 0 saturated heterocycles. The van der Waals surface area contributed by atoms with E-state index in [9.17, 15) is 19.2 Å². The fourth-order valence-corrected chi connectivity index (χ4v) is 4.56. The summed E-state index contributed by atoms with van der Waals surface area (Å²) in [5.41, 5.74) is 7.72. The van der Waals surface area contributed by atoms with E-state index in [1.54, 1.807) is 110 Å². The van der Waals surface area contributed by atoms with Crippen molar-refractivity contribution in [1.82, 2.24) is 10.3 Å². The second kappa shape index (κ2) is 13.7. The number of hydrogen-bond donors (Lipinski definition) is 4. The predicted octanol–water partition coefficient (Wildman–Crippen LogP) is 4.71. The van der Waals surface area contributed by atoms with E-state index < -0.39 is 23.0 Å². The minimum atomic E-state index is -0.544. The van der Waals surface area contributed by atoms with Crippen molar-refractivity contribution in [2.45, 2.75) is 17.1 Å². The molecule has 1 atom stereocenters. The first-order valence-electron chi connectivity index (χ1n) is 12.6. The number of pyridine rings is 1. The van der Waals surface area contributed by atoms with Crippen LogP contribution in [-0.2, 0) is 9.59 Å². The van der Waals surface area contributed by atoms with Crippen molar-refractivity contribution in [2.75, 3.05) is 10.6 Å². The standard InChI is InChI=1S/C31H27N5O4S/c1-20(29(38)34-24-14-12-22(13-15-24)28(32)37)41-26-11-5-10-25(18-26)35-31(40)27(17-21-7-6-16-33-19-21)36-30(39)23-8-3-2-4-9-23/h2-20H,1H3,(H2,32,37)(H,34,38)(H,35,40)(H,36,39)/b27-17-. The second-order valence-electron chi connectivity index (χ2n) is 8.84. The molecule has 0 fully saturated rings. The second-order valence-corrected chi connectivity index (χ2v) is 10.3. The molecular formula is C31H27N5O4S. The summed E-state index contributed by atoms with van der Waals surface area (Å²) in [6.07, 6.45) is 4.74. The van der Waals surface area contributed by atoms with Crippen LogP contribution >= 0.6 is 11.8 Å². The Morgan fingerprint density at radius 3 is 2.27 bits per heavy atom. The zero-order chi connectivity index (χ0) is 29.2. The fourth-order valence-electron chi connectivity index (χ4n) is 3.64. The van der Waals surface area contributed by atoms with Crippen LogP contribution in [0.15, 0.2) is 114 Å². The first kappa shape index (κ1) is 28.8. The van der Waals surface area contributed by atoms with Crippen molar-refractivity contribution >= 4 is 52.8 Å². The summed E-state index contributed by atoms with van der Waals surface area (Å²) >= 11 is 1.31. The predicted molar refractivity (Wildman–Crippen MR) is 160 cm³/mol. The van der Waals surface area contributed by atoms with Gasteiger partial charge in [0.25, 0.3) is 11.8 Å². The Balaban J connectivity index is 1.44. The van der Waals surface area contributed by atoms with Gasteiger partial charge in [0.2, 0.25) is 11.8 Å². The summed E-state index contributed by atoms with van der Waals surface area (Å²) in [6, 6.07) is 25.4. The van der Waals surface area contributed by atoms with Crippen LogP contribution in [0.25, 0.3) is 6.08 Å². The number of anilines is 2. The maximum absolute atomic E-state index is 13.3. The molecule has 0 saturated carbocycles. The number of aromatic nitrogens is 1. The average Bonchev–Trinajstić information content (AvgIpc) is 2.98. The van der Waals surface area contributed by atoms with E-state index in [0.717, 1.165) is 4.90 Å². The lowest BCUT2D eigenvalue weighted by Gasteiger charge is -2.14. The molecule has 4 aromatic rings. The van der Waals surface area contributed by atoms with Crippen LogP contribution in [0.1, 0.15) is 33.2 Å². The third-order valence-electron chi connectivity index (χ3n) is 5.74. The Kier molecular flexibility index (Phi) is 9.63. The molecule has 0 radical (unpaired) electrons. The number of carbonyl (C=O) groups is 4. The molecular weight excluding hydrogens is 538 g/mol. The first-order valence-corrected chi connectivity index (χ1v) is 13.4. The van der Waals surface area contributed by atoms with E-state index >= 15 is 0 Å². The Bertz CT molecular complexity index is 1580. The summed E-state index contributed by atoms with van der Waals surface area (Å²) in [7, 11) is 0. The van der Waals surface area contributed by atoms with Gasteiger partial charge in [0.15, 0.2) is 0 Å². The number of hydrogen-bond acceptors (Lipinski definition) is 6. The third-order valence-corrected chi connectivity index (χ3v) is 6.83. The van der Waals surface area contributed by atoms with Gasteiger partial charge >= 0.3 is 0 Å². The van der Waals surface area contributed by atoms with Crippen molar-refractivity contribution in [3.8, 4) is 0 Å². The van der Waals surface area contributed by atoms with Gasteiger partial charge in [0.1, 0.15) is 5.70 Å². The van der Waals surface area contributed by atoms with Crippen LogP contribution in [0.4, 0.5) is 11.4 Å². The number of carbonyl (C=O) groups excluding carboxylic acids is 4. The van der Waals surface area contributed by atoms with E-state index in [-0.39, 0.29) is 11.6 Å². The summed E-state index contributed by atoms with van der Waals surface area (Å²) in [5.74, 6) is -1.73. The van der Waals surface area contributed by atoms with Crippen LogP contribution in [0.3, 0.4) is 0 Å². The maximum atomic E-state index is 13.3. The minimum absolute atomic E-state index is 0.0417. The zero-order valence-electron chi connectivity index (χ0n) is 22.0. The lowest BCUT2D eigenvalue weighted by atomic mass is 10.2. The van der Waals surface area contributed by atoms with Gasteiger partial charge in [-0.3, -0.25) is 24.2 Å². The number of rotatable bonds is 10. The van der Waals surface area contributed by atoms with Gasteiger partial charge in [-0.25, -0.2) is 0 Å². The molecule has 1 aromatic heterocycles. The number of amides is 4. The van der Waals surface area contributed by atoms with Gasteiger partial charge in [-0.2, -0.15) is 0 Å². The van der Waals surface area contributed by atoms with Crippen LogP contribution in [0, 0.1) is 0 Å². The molecule has 0 bridgehead atoms. The van der Waals surface area contributed by atoms with Gasteiger partial charge in [-0.05, 0) is 79.2 Å². The number of thioether (sulfide) groups is 1. The topological polar surface area (TPSA) is 143 Å². The molecule has 0 aliphatic heterocycles. The fraction of sp³-hybridized carbons (Fsp3) is 0.0645. The number of nitrogens with two attached hydrogens (primary N) is 1. The van der Waals surface area contributed by atoms with Crippen LogP contribution < -0.4 is 21.7 Å². The largest absolute Gasteiger partial charge is 0.366 e. The SMILES string of the molecule is CC(Sc1cccc(NC(=O)/C(=C/c2cccnc2)NC(=O)c2ccccc2)c1)C(=O)Nc1ccc(C(N)=O)cc1. The molecule has 1 unspecified atom stereocenters. The normalized spacial score (nSPS) is 11.7. The third kappa shape index (κ3) is 8.38. The highest BCUT2D eigenvalue weighted by atomic mass is 32.2. The van der Waals surface area contributed by atoms with Gasteiger partial charge < -0.3 is 21.7 Å². The molecule has 1 heterocycles. The number of primary amides is 1. The number of nitrogens with one attached hydrogen (secondary N) is 3. The van der Waals surface area contributed by atoms with Crippen LogP contribution in [0.5, 0.6) is 0 Å². The summed E-state index contributed by atoms with van der Waals surface area (Å²) in [5, 5.41) is 7.86. The smallest absolute Gasteiger partial charge is 0.272 e. The van der Waals surface area contributed by atoms with Gasteiger partial charge in [-0.15, -0.1) is 11.8 Å². The number of benzene rings is 3. The van der Waals surface area contributed by atoms with Gasteiger partial charge in [0, 0.05) is 39.8 Å². The lowest BCUT2D eigenvalue weighted by molar-refractivity contribution is -0.115. The molecule has 4 rings (SSSR count). The van der Waals surface area contributed by atoms with Crippen LogP contribution in [-0.4, -0.2) is 33.9 Å². The monoisotopic (exact) mass is 565 g/mol. The molecule has 0 spiro atoms. The zero-order valence-corrected chi connectivity index (χ0v) is 22.9. The first-order chi connectivity index (χ1) is 19.8. The molecule has 0 aliphatic carbocycles. The minimum Gasteiger partial charge on any atom is -0.366 e. The summed E-state index contributed by atoms with van der Waals surface area (Å²) in [6.45, 7) is 1.76.